The molecule has 294 valence electrons. The summed E-state index contributed by atoms with van der Waals surface area (Å²) in [7, 11) is 0. The Morgan fingerprint density at radius 2 is 1.31 bits per heavy atom. The van der Waals surface area contributed by atoms with Crippen molar-refractivity contribution in [2.75, 3.05) is 13.2 Å². The van der Waals surface area contributed by atoms with Gasteiger partial charge in [-0.3, -0.25) is 0 Å². The van der Waals surface area contributed by atoms with Gasteiger partial charge in [0.2, 0.25) is 0 Å². The van der Waals surface area contributed by atoms with E-state index < -0.39 is 14.4 Å². The third kappa shape index (κ3) is 4.85. The maximum absolute atomic E-state index is 8.09. The normalized spacial score (nSPS) is 32.4. The summed E-state index contributed by atoms with van der Waals surface area (Å²) < 4.78 is 21.1. The van der Waals surface area contributed by atoms with Gasteiger partial charge in [-0.15, -0.1) is 0 Å². The molecule has 59 heavy (non-hydrogen) atoms. The molecule has 14 rings (SSSR count). The van der Waals surface area contributed by atoms with E-state index in [1.165, 1.54) is 51.4 Å². The van der Waals surface area contributed by atoms with Crippen LogP contribution >= 0.6 is 0 Å². The first kappa shape index (κ1) is 33.9. The number of amidine groups is 5. The molecule has 10 nitrogen and oxygen atoms in total. The Balaban J connectivity index is 1.10. The monoisotopic (exact) mass is 840 g/mol. The number of benzene rings is 3. The van der Waals surface area contributed by atoms with Gasteiger partial charge in [-0.2, -0.15) is 0 Å². The van der Waals surface area contributed by atoms with Gasteiger partial charge in [0.25, 0.3) is 0 Å². The second-order valence-electron chi connectivity index (χ2n) is 18.7. The van der Waals surface area contributed by atoms with Crippen LogP contribution in [0.1, 0.15) is 92.6 Å². The van der Waals surface area contributed by atoms with Crippen LogP contribution in [0.4, 0.5) is 11.6 Å². The van der Waals surface area contributed by atoms with Crippen molar-refractivity contribution < 1.29 is 7.53 Å². The first-order valence-corrected chi connectivity index (χ1v) is 25.8. The molecule has 1 aromatic heterocycles. The van der Waals surface area contributed by atoms with Crippen molar-refractivity contribution in [3.63, 3.8) is 0 Å². The quantitative estimate of drug-likeness (QED) is 0.196. The average molecular weight is 840 g/mol. The number of aliphatic imine (C=N–C) groups is 5. The zero-order valence-electron chi connectivity index (χ0n) is 33.1. The Morgan fingerprint density at radius 1 is 0.644 bits per heavy atom. The SMILES string of the molecule is C1=CC2=C(CC1)C1=Nc3c4ccccc4c4[n]3[Ge]([O]CC3CC5CCC3C5)([O]CC3CC5CCC3C5)[N]3C(=NC2=N1)c1ccccc1C3NC1=NC(=N4)c2ccccc21. The molecule has 4 saturated carbocycles. The second-order valence-corrected chi connectivity index (χ2v) is 24.1. The summed E-state index contributed by atoms with van der Waals surface area (Å²) in [5, 5.41) is 6.09. The number of rotatable bonds is 6. The van der Waals surface area contributed by atoms with Crippen molar-refractivity contribution >= 4 is 66.0 Å². The molecule has 1 N–H and O–H groups in total. The Hall–Kier alpha value is -4.91. The fourth-order valence-corrected chi connectivity index (χ4v) is 20.3. The fraction of sp³-hybridized carbons (Fsp3) is 0.396. The summed E-state index contributed by atoms with van der Waals surface area (Å²) in [5.41, 5.74) is 6.46. The summed E-state index contributed by atoms with van der Waals surface area (Å²) in [6, 6.07) is 25.9. The van der Waals surface area contributed by atoms with Gasteiger partial charge in [0.05, 0.1) is 0 Å². The fourth-order valence-electron chi connectivity index (χ4n) is 12.8. The summed E-state index contributed by atoms with van der Waals surface area (Å²) in [4.78, 5) is 27.8. The molecule has 0 saturated heterocycles. The summed E-state index contributed by atoms with van der Waals surface area (Å²) in [6.45, 7) is 1.29. The van der Waals surface area contributed by atoms with Crippen molar-refractivity contribution in [1.29, 1.82) is 0 Å². The van der Waals surface area contributed by atoms with E-state index in [4.69, 9.17) is 32.5 Å². The van der Waals surface area contributed by atoms with Crippen molar-refractivity contribution in [3.05, 3.63) is 118 Å². The van der Waals surface area contributed by atoms with Crippen molar-refractivity contribution in [2.45, 2.75) is 70.4 Å². The molecule has 0 spiro atoms. The van der Waals surface area contributed by atoms with Crippen LogP contribution in [0.25, 0.3) is 10.8 Å². The molecule has 7 unspecified atom stereocenters. The number of aromatic nitrogens is 1. The molecule has 6 heterocycles. The van der Waals surface area contributed by atoms with Gasteiger partial charge in [0, 0.05) is 0 Å². The molecule has 11 heteroatoms. The molecule has 3 aromatic carbocycles. The van der Waals surface area contributed by atoms with E-state index in [2.05, 4.69) is 97.6 Å². The molecule has 5 aliphatic carbocycles. The minimum absolute atomic E-state index is 0.388. The Morgan fingerprint density at radius 3 is 2.00 bits per heavy atom. The molecular weight excluding hydrogens is 793 g/mol. The average Bonchev–Trinajstić information content (AvgIpc) is 4.17. The van der Waals surface area contributed by atoms with Gasteiger partial charge in [-0.25, -0.2) is 0 Å². The van der Waals surface area contributed by atoms with Crippen molar-refractivity contribution in [2.24, 2.45) is 60.5 Å². The standard InChI is InChI=1S/C48H46GeN8O2/c1-2-10-34-33(9-1)41-50-42(34)53-46-39-15-7-8-16-40(39)48-55-44-36-12-4-3-11-35(36)43(51-44)54-47-38-14-6-5-13-37(38)45(52-41)56(47)49(57(46)48,58-25-31-23-27-17-19-29(31)21-27)59-26-32-24-28-18-20-30(32)22-28/h1-3,5-11,13-16,27-32,45H,4,12,17-26H2,(H,50,52,53). The summed E-state index contributed by atoms with van der Waals surface area (Å²) in [6.07, 6.45) is 16.3. The first-order chi connectivity index (χ1) is 29.2. The summed E-state index contributed by atoms with van der Waals surface area (Å²) >= 11 is -4.85. The van der Waals surface area contributed by atoms with E-state index >= 15 is 0 Å². The number of nitrogens with one attached hydrogen (secondary N) is 1. The van der Waals surface area contributed by atoms with E-state index in [-0.39, 0.29) is 6.17 Å². The second kappa shape index (κ2) is 12.6. The Kier molecular flexibility index (Phi) is 7.21. The molecule has 4 fully saturated rings. The number of hydrogen-bond acceptors (Lipinski definition) is 9. The van der Waals surface area contributed by atoms with Crippen LogP contribution in [0, 0.1) is 35.5 Å². The number of hydrogen-bond donors (Lipinski definition) is 1. The van der Waals surface area contributed by atoms with Crippen LogP contribution in [0.15, 0.2) is 121 Å². The number of nitrogens with zero attached hydrogens (tertiary/aromatic N) is 7. The predicted molar refractivity (Wildman–Crippen MR) is 233 cm³/mol. The zero-order chi connectivity index (χ0) is 38.4. The molecule has 5 aliphatic heterocycles. The molecule has 10 aliphatic rings. The van der Waals surface area contributed by atoms with Gasteiger partial charge >= 0.3 is 349 Å². The van der Waals surface area contributed by atoms with Crippen LogP contribution in [0.3, 0.4) is 0 Å². The van der Waals surface area contributed by atoms with E-state index in [1.54, 1.807) is 0 Å². The molecule has 0 radical (unpaired) electrons. The summed E-state index contributed by atoms with van der Waals surface area (Å²) in [5.74, 6) is 9.35. The van der Waals surface area contributed by atoms with E-state index in [1.807, 2.05) is 0 Å². The van der Waals surface area contributed by atoms with Gasteiger partial charge in [-0.1, -0.05) is 0 Å². The van der Waals surface area contributed by atoms with E-state index in [9.17, 15) is 0 Å². The molecule has 4 aromatic rings. The van der Waals surface area contributed by atoms with Crippen LogP contribution in [0.5, 0.6) is 0 Å². The van der Waals surface area contributed by atoms with Gasteiger partial charge in [-0.05, 0) is 0 Å². The zero-order valence-corrected chi connectivity index (χ0v) is 35.2. The number of fused-ring (bicyclic) bond motifs is 17. The first-order valence-electron chi connectivity index (χ1n) is 22.2. The number of allylic oxidation sites excluding steroid dienone is 1. The van der Waals surface area contributed by atoms with Gasteiger partial charge in [0.15, 0.2) is 0 Å². The van der Waals surface area contributed by atoms with Gasteiger partial charge in [0.1, 0.15) is 0 Å². The third-order valence-electron chi connectivity index (χ3n) is 15.6. The maximum atomic E-state index is 8.09. The van der Waals surface area contributed by atoms with E-state index in [0.29, 0.717) is 48.6 Å². The van der Waals surface area contributed by atoms with Crippen LogP contribution in [0.2, 0.25) is 0 Å². The Labute approximate surface area is 347 Å². The van der Waals surface area contributed by atoms with E-state index in [0.717, 1.165) is 98.0 Å². The molecule has 7 atom stereocenters. The minimum atomic E-state index is -4.85. The predicted octanol–water partition coefficient (Wildman–Crippen LogP) is 9.14. The molecule has 0 amide bonds. The molecular formula is C48H46GeN8O2. The van der Waals surface area contributed by atoms with Gasteiger partial charge < -0.3 is 0 Å². The topological polar surface area (TPSA) is 100 Å². The third-order valence-corrected chi connectivity index (χ3v) is 22.2. The van der Waals surface area contributed by atoms with Crippen LogP contribution < -0.4 is 5.32 Å². The van der Waals surface area contributed by atoms with Crippen molar-refractivity contribution in [3.8, 4) is 0 Å². The van der Waals surface area contributed by atoms with Crippen LogP contribution in [-0.4, -0.2) is 64.2 Å². The van der Waals surface area contributed by atoms with Crippen molar-refractivity contribution in [1.82, 2.24) is 12.7 Å². The Bertz CT molecular complexity index is 2720. The van der Waals surface area contributed by atoms with Crippen LogP contribution in [-0.2, 0) is 7.53 Å². The molecule has 10 bridgehead atoms.